The number of nitriles is 1. The molecular formula is C13H16N2O2S. The molecule has 1 aromatic carbocycles. The average Bonchev–Trinajstić information content (AvgIpc) is 2.28. The first-order valence-corrected chi connectivity index (χ1v) is 7.11. The van der Waals surface area contributed by atoms with Gasteiger partial charge in [0.1, 0.15) is 0 Å². The van der Waals surface area contributed by atoms with Crippen molar-refractivity contribution < 1.29 is 8.42 Å². The summed E-state index contributed by atoms with van der Waals surface area (Å²) in [5.74, 6) is 0. The van der Waals surface area contributed by atoms with Crippen LogP contribution in [-0.4, -0.2) is 14.5 Å². The topological polar surface area (TPSA) is 70.0 Å². The van der Waals surface area contributed by atoms with Gasteiger partial charge in [-0.25, -0.2) is 13.1 Å². The Balaban J connectivity index is 2.71. The van der Waals surface area contributed by atoms with Crippen molar-refractivity contribution in [1.82, 2.24) is 4.72 Å². The van der Waals surface area contributed by atoms with E-state index in [4.69, 9.17) is 5.26 Å². The van der Waals surface area contributed by atoms with E-state index in [1.807, 2.05) is 37.3 Å². The second kappa shape index (κ2) is 6.34. The van der Waals surface area contributed by atoms with Gasteiger partial charge in [0.25, 0.3) is 0 Å². The summed E-state index contributed by atoms with van der Waals surface area (Å²) in [6, 6.07) is 9.06. The van der Waals surface area contributed by atoms with Gasteiger partial charge in [-0.2, -0.15) is 5.26 Å². The summed E-state index contributed by atoms with van der Waals surface area (Å²) in [6.07, 6.45) is 1.68. The van der Waals surface area contributed by atoms with Gasteiger partial charge in [-0.05, 0) is 25.5 Å². The Labute approximate surface area is 108 Å². The third-order valence-electron chi connectivity index (χ3n) is 2.28. The van der Waals surface area contributed by atoms with E-state index in [9.17, 15) is 8.42 Å². The Morgan fingerprint density at radius 1 is 1.39 bits per heavy atom. The highest BCUT2D eigenvalue weighted by atomic mass is 32.2. The maximum Gasteiger partial charge on any atom is 0.234 e. The van der Waals surface area contributed by atoms with Crippen LogP contribution in [-0.2, 0) is 10.0 Å². The lowest BCUT2D eigenvalue weighted by Crippen LogP contribution is -2.30. The number of nitrogens with one attached hydrogen (secondary N) is 1. The highest BCUT2D eigenvalue weighted by Crippen LogP contribution is 2.06. The predicted octanol–water partition coefficient (Wildman–Crippen LogP) is 2.19. The van der Waals surface area contributed by atoms with Gasteiger partial charge in [-0.3, -0.25) is 0 Å². The first kappa shape index (κ1) is 14.4. The van der Waals surface area contributed by atoms with Gasteiger partial charge in [0.2, 0.25) is 10.0 Å². The first-order valence-electron chi connectivity index (χ1n) is 5.57. The van der Waals surface area contributed by atoms with Crippen molar-refractivity contribution in [2.75, 3.05) is 0 Å². The predicted molar refractivity (Wildman–Crippen MR) is 72.0 cm³/mol. The monoisotopic (exact) mass is 264 g/mol. The Morgan fingerprint density at radius 3 is 2.56 bits per heavy atom. The zero-order valence-electron chi connectivity index (χ0n) is 10.4. The maximum absolute atomic E-state index is 11.6. The molecule has 0 aliphatic carbocycles. The number of hydrogen-bond acceptors (Lipinski definition) is 3. The number of nitrogens with zero attached hydrogens (tertiary/aromatic N) is 1. The lowest BCUT2D eigenvalue weighted by molar-refractivity contribution is 0.572. The smallest absolute Gasteiger partial charge is 0.208 e. The van der Waals surface area contributed by atoms with Crippen molar-refractivity contribution in [3.8, 4) is 6.07 Å². The van der Waals surface area contributed by atoms with Crippen LogP contribution in [0, 0.1) is 18.3 Å². The minimum absolute atomic E-state index is 0.150. The van der Waals surface area contributed by atoms with Crippen LogP contribution in [0.25, 0.3) is 6.08 Å². The van der Waals surface area contributed by atoms with Crippen LogP contribution in [0.15, 0.2) is 29.7 Å². The number of aryl methyl sites for hydroxylation is 1. The van der Waals surface area contributed by atoms with Gasteiger partial charge in [-0.1, -0.05) is 29.8 Å². The standard InChI is InChI=1S/C13H16N2O2S/c1-11-3-5-13(6-4-11)8-10-18(16,17)15-12(2)7-9-14/h3-6,8,10,12,15H,7H2,1-2H3/b10-8+/t12-/m1/s1. The van der Waals surface area contributed by atoms with Crippen molar-refractivity contribution in [3.05, 3.63) is 40.8 Å². The van der Waals surface area contributed by atoms with E-state index in [0.29, 0.717) is 0 Å². The SMILES string of the molecule is Cc1ccc(/C=C/S(=O)(=O)N[C@H](C)CC#N)cc1. The van der Waals surface area contributed by atoms with E-state index in [2.05, 4.69) is 4.72 Å². The van der Waals surface area contributed by atoms with Crippen LogP contribution in [0.4, 0.5) is 0 Å². The van der Waals surface area contributed by atoms with Crippen molar-refractivity contribution in [3.63, 3.8) is 0 Å². The molecule has 0 unspecified atom stereocenters. The number of benzene rings is 1. The molecule has 1 rings (SSSR count). The van der Waals surface area contributed by atoms with Gasteiger partial charge < -0.3 is 0 Å². The van der Waals surface area contributed by atoms with E-state index < -0.39 is 10.0 Å². The molecule has 0 amide bonds. The lowest BCUT2D eigenvalue weighted by Gasteiger charge is -2.07. The van der Waals surface area contributed by atoms with Crippen LogP contribution >= 0.6 is 0 Å². The molecular weight excluding hydrogens is 248 g/mol. The van der Waals surface area contributed by atoms with E-state index in [1.54, 1.807) is 6.92 Å². The Morgan fingerprint density at radius 2 is 2.00 bits per heavy atom. The summed E-state index contributed by atoms with van der Waals surface area (Å²) < 4.78 is 25.7. The maximum atomic E-state index is 11.6. The first-order chi connectivity index (χ1) is 8.43. The summed E-state index contributed by atoms with van der Waals surface area (Å²) in [7, 11) is -3.49. The third-order valence-corrected chi connectivity index (χ3v) is 3.51. The molecule has 0 bridgehead atoms. The number of rotatable bonds is 5. The van der Waals surface area contributed by atoms with Gasteiger partial charge in [-0.15, -0.1) is 0 Å². The van der Waals surface area contributed by atoms with Crippen LogP contribution in [0.5, 0.6) is 0 Å². The highest BCUT2D eigenvalue weighted by Gasteiger charge is 2.10. The van der Waals surface area contributed by atoms with Gasteiger partial charge in [0, 0.05) is 11.4 Å². The Bertz CT molecular complexity index is 554. The molecule has 1 atom stereocenters. The molecule has 96 valence electrons. The van der Waals surface area contributed by atoms with Crippen molar-refractivity contribution >= 4 is 16.1 Å². The molecule has 0 saturated heterocycles. The van der Waals surface area contributed by atoms with Gasteiger partial charge >= 0.3 is 0 Å². The summed E-state index contributed by atoms with van der Waals surface area (Å²) >= 11 is 0. The third kappa shape index (κ3) is 5.13. The fourth-order valence-electron chi connectivity index (χ4n) is 1.34. The average molecular weight is 264 g/mol. The van der Waals surface area contributed by atoms with Crippen LogP contribution in [0.1, 0.15) is 24.5 Å². The molecule has 0 saturated carbocycles. The molecule has 0 aliphatic rings. The fourth-order valence-corrected chi connectivity index (χ4v) is 2.40. The van der Waals surface area contributed by atoms with E-state index >= 15 is 0 Å². The molecule has 0 aromatic heterocycles. The second-order valence-electron chi connectivity index (χ2n) is 4.14. The number of sulfonamides is 1. The van der Waals surface area contributed by atoms with Crippen molar-refractivity contribution in [2.45, 2.75) is 26.3 Å². The van der Waals surface area contributed by atoms with Crippen LogP contribution in [0.2, 0.25) is 0 Å². The van der Waals surface area contributed by atoms with E-state index in [0.717, 1.165) is 16.5 Å². The number of hydrogen-bond donors (Lipinski definition) is 1. The lowest BCUT2D eigenvalue weighted by atomic mass is 10.2. The minimum atomic E-state index is -3.49. The quantitative estimate of drug-likeness (QED) is 0.886. The summed E-state index contributed by atoms with van der Waals surface area (Å²) in [5, 5.41) is 9.58. The fraction of sp³-hybridized carbons (Fsp3) is 0.308. The normalized spacial score (nSPS) is 13.4. The molecule has 0 spiro atoms. The molecule has 1 aromatic rings. The summed E-state index contributed by atoms with van der Waals surface area (Å²) in [5.41, 5.74) is 1.94. The summed E-state index contributed by atoms with van der Waals surface area (Å²) in [4.78, 5) is 0. The van der Waals surface area contributed by atoms with Crippen molar-refractivity contribution in [1.29, 1.82) is 5.26 Å². The van der Waals surface area contributed by atoms with Gasteiger partial charge in [0.05, 0.1) is 12.5 Å². The van der Waals surface area contributed by atoms with Crippen LogP contribution in [0.3, 0.4) is 0 Å². The largest absolute Gasteiger partial charge is 0.234 e. The van der Waals surface area contributed by atoms with E-state index in [1.165, 1.54) is 6.08 Å². The van der Waals surface area contributed by atoms with Crippen LogP contribution < -0.4 is 4.72 Å². The Hall–Kier alpha value is -1.64. The minimum Gasteiger partial charge on any atom is -0.208 e. The molecule has 4 nitrogen and oxygen atoms in total. The summed E-state index contributed by atoms with van der Waals surface area (Å²) in [6.45, 7) is 3.62. The molecule has 0 radical (unpaired) electrons. The molecule has 1 N–H and O–H groups in total. The molecule has 0 fully saturated rings. The molecule has 0 aliphatic heterocycles. The Kier molecular flexibility index (Phi) is 5.08. The zero-order valence-corrected chi connectivity index (χ0v) is 11.2. The highest BCUT2D eigenvalue weighted by molar-refractivity contribution is 7.92. The second-order valence-corrected chi connectivity index (χ2v) is 5.74. The van der Waals surface area contributed by atoms with E-state index in [-0.39, 0.29) is 12.5 Å². The zero-order chi connectivity index (χ0) is 13.6. The molecule has 5 heteroatoms. The van der Waals surface area contributed by atoms with Gasteiger partial charge in [0.15, 0.2) is 0 Å². The van der Waals surface area contributed by atoms with Crippen molar-refractivity contribution in [2.24, 2.45) is 0 Å². The molecule has 0 heterocycles. The molecule has 18 heavy (non-hydrogen) atoms.